The van der Waals surface area contributed by atoms with E-state index in [1.807, 2.05) is 20.8 Å². The highest BCUT2D eigenvalue weighted by molar-refractivity contribution is 5.98. The van der Waals surface area contributed by atoms with Crippen molar-refractivity contribution in [2.24, 2.45) is 22.4 Å². The number of furan rings is 1. The highest BCUT2D eigenvalue weighted by atomic mass is 19.4. The fraction of sp³-hybridized carbons (Fsp3) is 0.647. The van der Waals surface area contributed by atoms with Crippen LogP contribution < -0.4 is 0 Å². The summed E-state index contributed by atoms with van der Waals surface area (Å²) in [5, 5.41) is 14.7. The maximum atomic E-state index is 13.8. The molecule has 0 radical (unpaired) electrons. The number of rotatable bonds is 1. The molecule has 8 heteroatoms. The monoisotopic (exact) mass is 358 g/mol. The van der Waals surface area contributed by atoms with Gasteiger partial charge in [-0.2, -0.15) is 23.3 Å². The van der Waals surface area contributed by atoms with Crippen LogP contribution in [0.5, 0.6) is 0 Å². The Morgan fingerprint density at radius 2 is 2.08 bits per heavy atom. The summed E-state index contributed by atoms with van der Waals surface area (Å²) in [6, 6.07) is 2.64. The van der Waals surface area contributed by atoms with Crippen molar-refractivity contribution in [3.63, 3.8) is 0 Å². The molecule has 2 aliphatic rings. The van der Waals surface area contributed by atoms with E-state index in [2.05, 4.69) is 5.10 Å². The third kappa shape index (κ3) is 2.76. The highest BCUT2D eigenvalue weighted by Crippen LogP contribution is 2.52. The molecule has 1 aromatic heterocycles. The van der Waals surface area contributed by atoms with E-state index in [0.717, 1.165) is 0 Å². The van der Waals surface area contributed by atoms with Gasteiger partial charge in [0.25, 0.3) is 5.72 Å². The average molecular weight is 358 g/mol. The Hall–Kier alpha value is -1.83. The highest BCUT2D eigenvalue weighted by Gasteiger charge is 2.69. The number of halogens is 3. The second-order valence-electron chi connectivity index (χ2n) is 7.80. The molecule has 3 atom stereocenters. The maximum absolute atomic E-state index is 13.8. The fourth-order valence-electron chi connectivity index (χ4n) is 3.71. The van der Waals surface area contributed by atoms with Crippen LogP contribution in [-0.2, 0) is 0 Å². The predicted molar refractivity (Wildman–Crippen MR) is 83.6 cm³/mol. The molecule has 5 nitrogen and oxygen atoms in total. The van der Waals surface area contributed by atoms with Gasteiger partial charge >= 0.3 is 12.1 Å². The topological polar surface area (TPSA) is 66.0 Å². The van der Waals surface area contributed by atoms with Crippen LogP contribution in [-0.4, -0.2) is 33.6 Å². The van der Waals surface area contributed by atoms with Crippen LogP contribution in [0.1, 0.15) is 50.6 Å². The first kappa shape index (κ1) is 18.0. The number of hydrazone groups is 1. The van der Waals surface area contributed by atoms with Crippen LogP contribution in [0.25, 0.3) is 0 Å². The van der Waals surface area contributed by atoms with Gasteiger partial charge in [0.1, 0.15) is 0 Å². The number of aliphatic hydroxyl groups is 1. The van der Waals surface area contributed by atoms with E-state index in [0.29, 0.717) is 12.8 Å². The van der Waals surface area contributed by atoms with Crippen molar-refractivity contribution >= 4 is 11.6 Å². The lowest BCUT2D eigenvalue weighted by molar-refractivity contribution is -0.314. The summed E-state index contributed by atoms with van der Waals surface area (Å²) in [6.45, 7) is 5.90. The summed E-state index contributed by atoms with van der Waals surface area (Å²) < 4.78 is 46.4. The minimum Gasteiger partial charge on any atom is -0.459 e. The molecule has 1 amide bonds. The van der Waals surface area contributed by atoms with Crippen LogP contribution in [0.2, 0.25) is 0 Å². The molecule has 1 saturated carbocycles. The SMILES string of the molecule is CC(C)(C)[C@@H]1CCC2=NN(C(=O)c3ccco3)[C@@](O)(C(F)(F)F)[C@@H]2C1. The van der Waals surface area contributed by atoms with Crippen molar-refractivity contribution in [1.82, 2.24) is 5.01 Å². The molecule has 138 valence electrons. The zero-order valence-corrected chi connectivity index (χ0v) is 14.3. The van der Waals surface area contributed by atoms with Gasteiger partial charge in [-0.3, -0.25) is 4.79 Å². The lowest BCUT2D eigenvalue weighted by atomic mass is 9.66. The summed E-state index contributed by atoms with van der Waals surface area (Å²) >= 11 is 0. The molecule has 0 saturated heterocycles. The Bertz CT molecular complexity index is 691. The van der Waals surface area contributed by atoms with Crippen LogP contribution >= 0.6 is 0 Å². The van der Waals surface area contributed by atoms with Crippen molar-refractivity contribution in [1.29, 1.82) is 0 Å². The van der Waals surface area contributed by atoms with Crippen LogP contribution in [0.4, 0.5) is 13.2 Å². The quantitative estimate of drug-likeness (QED) is 0.830. The molecule has 1 N–H and O–H groups in total. The third-order valence-corrected chi connectivity index (χ3v) is 5.27. The molecule has 0 bridgehead atoms. The van der Waals surface area contributed by atoms with Gasteiger partial charge in [0.15, 0.2) is 5.76 Å². The molecule has 0 aromatic carbocycles. The van der Waals surface area contributed by atoms with Gasteiger partial charge in [-0.15, -0.1) is 0 Å². The first-order chi connectivity index (χ1) is 11.5. The summed E-state index contributed by atoms with van der Waals surface area (Å²) in [4.78, 5) is 12.5. The van der Waals surface area contributed by atoms with Crippen LogP contribution in [0.3, 0.4) is 0 Å². The number of carbonyl (C=O) groups is 1. The predicted octanol–water partition coefficient (Wildman–Crippen LogP) is 3.80. The van der Waals surface area contributed by atoms with E-state index in [-0.39, 0.29) is 34.2 Å². The van der Waals surface area contributed by atoms with Crippen molar-refractivity contribution in [3.8, 4) is 0 Å². The molecule has 2 heterocycles. The molecular weight excluding hydrogens is 337 g/mol. The minimum atomic E-state index is -5.04. The van der Waals surface area contributed by atoms with Gasteiger partial charge in [-0.1, -0.05) is 20.8 Å². The largest absolute Gasteiger partial charge is 0.459 e. The molecule has 3 rings (SSSR count). The van der Waals surface area contributed by atoms with Gasteiger partial charge in [0.05, 0.1) is 12.2 Å². The first-order valence-electron chi connectivity index (χ1n) is 8.20. The van der Waals surface area contributed by atoms with Crippen molar-refractivity contribution in [2.45, 2.75) is 51.9 Å². The Morgan fingerprint density at radius 3 is 2.60 bits per heavy atom. The Balaban J connectivity index is 2.01. The van der Waals surface area contributed by atoms with Gasteiger partial charge in [-0.05, 0) is 42.7 Å². The maximum Gasteiger partial charge on any atom is 0.439 e. The number of alkyl halides is 3. The number of fused-ring (bicyclic) bond motifs is 1. The zero-order valence-electron chi connectivity index (χ0n) is 14.3. The normalized spacial score (nSPS) is 30.2. The van der Waals surface area contributed by atoms with Crippen molar-refractivity contribution < 1.29 is 27.5 Å². The molecule has 1 fully saturated rings. The first-order valence-corrected chi connectivity index (χ1v) is 8.20. The van der Waals surface area contributed by atoms with Crippen LogP contribution in [0.15, 0.2) is 27.9 Å². The number of hydrogen-bond donors (Lipinski definition) is 1. The second-order valence-corrected chi connectivity index (χ2v) is 7.80. The summed E-state index contributed by atoms with van der Waals surface area (Å²) in [5.74, 6) is -2.66. The van der Waals surface area contributed by atoms with Gasteiger partial charge in [0, 0.05) is 5.71 Å². The zero-order chi connectivity index (χ0) is 18.6. The van der Waals surface area contributed by atoms with E-state index in [9.17, 15) is 23.1 Å². The minimum absolute atomic E-state index is 0.0102. The number of nitrogens with zero attached hydrogens (tertiary/aromatic N) is 2. The van der Waals surface area contributed by atoms with Gasteiger partial charge in [0.2, 0.25) is 0 Å². The number of amides is 1. The lowest BCUT2D eigenvalue weighted by Crippen LogP contribution is -2.62. The second kappa shape index (κ2) is 5.59. The molecule has 25 heavy (non-hydrogen) atoms. The van der Waals surface area contributed by atoms with E-state index in [1.54, 1.807) is 0 Å². The smallest absolute Gasteiger partial charge is 0.439 e. The van der Waals surface area contributed by atoms with Crippen molar-refractivity contribution in [2.75, 3.05) is 0 Å². The average Bonchev–Trinajstić information content (AvgIpc) is 3.12. The molecule has 1 aliphatic heterocycles. The molecular formula is C17H21F3N2O3. The van der Waals surface area contributed by atoms with Gasteiger partial charge < -0.3 is 9.52 Å². The Morgan fingerprint density at radius 1 is 1.40 bits per heavy atom. The molecule has 1 aromatic rings. The molecule has 0 spiro atoms. The Labute approximate surface area is 143 Å². The standard InChI is InChI=1S/C17H21F3N2O3/c1-15(2,3)10-6-7-12-11(9-10)16(24,17(18,19)20)22(21-12)14(23)13-5-4-8-25-13/h4-5,8,10-11,24H,6-7,9H2,1-3H3/t10-,11-,16+/m1/s1. The summed E-state index contributed by atoms with van der Waals surface area (Å²) in [7, 11) is 0. The van der Waals surface area contributed by atoms with E-state index >= 15 is 0 Å². The van der Waals surface area contributed by atoms with E-state index in [1.165, 1.54) is 18.4 Å². The fourth-order valence-corrected chi connectivity index (χ4v) is 3.71. The van der Waals surface area contributed by atoms with Gasteiger partial charge in [-0.25, -0.2) is 0 Å². The molecule has 0 unspecified atom stereocenters. The third-order valence-electron chi connectivity index (χ3n) is 5.27. The number of carbonyl (C=O) groups excluding carboxylic acids is 1. The van der Waals surface area contributed by atoms with E-state index < -0.39 is 23.7 Å². The summed E-state index contributed by atoms with van der Waals surface area (Å²) in [5.41, 5.74) is -3.33. The van der Waals surface area contributed by atoms with Crippen molar-refractivity contribution in [3.05, 3.63) is 24.2 Å². The summed E-state index contributed by atoms with van der Waals surface area (Å²) in [6.07, 6.45) is -2.72. The van der Waals surface area contributed by atoms with Crippen LogP contribution in [0, 0.1) is 17.3 Å². The van der Waals surface area contributed by atoms with E-state index in [4.69, 9.17) is 4.42 Å². The Kier molecular flexibility index (Phi) is 4.02. The lowest BCUT2D eigenvalue weighted by Gasteiger charge is -2.42. The molecule has 1 aliphatic carbocycles. The number of hydrogen-bond acceptors (Lipinski definition) is 4.